The molecule has 2 atom stereocenters. The summed E-state index contributed by atoms with van der Waals surface area (Å²) in [6.07, 6.45) is 2.96. The third kappa shape index (κ3) is 31.7. The number of carbonyl (C=O) groups excluding carboxylic acids is 7. The SMILES string of the molecule is Cc1ccc(CCCC(=O)NCCCC[C@H](NC(=O)CN2CCN(CC(=O)OC(C)(C)C)CCN(CC(=O)OC(C)(C)C)CCN(CC(=O)OC(C)(C)C)CC2)C(=O)NCCOc2cc(/C=C/c3cccc(-c4ccccc4)c3C)c(C(F)(F)F)cc2CN2CCCC[C@H]2C(=O)OC(C)(C)C)cc1. The average Bonchev–Trinajstić information content (AvgIpc) is 0.788. The largest absolute Gasteiger partial charge is 0.491 e. The number of rotatable bonds is 29. The maximum atomic E-state index is 15.5. The van der Waals surface area contributed by atoms with E-state index in [0.717, 1.165) is 46.7 Å². The summed E-state index contributed by atoms with van der Waals surface area (Å²) in [4.78, 5) is 106. The third-order valence-corrected chi connectivity index (χ3v) is 17.3. The van der Waals surface area contributed by atoms with Crippen molar-refractivity contribution in [2.45, 2.75) is 202 Å². The maximum Gasteiger partial charge on any atom is 0.417 e. The maximum absolute atomic E-state index is 15.5. The molecule has 23 heteroatoms. The van der Waals surface area contributed by atoms with Gasteiger partial charge in [0.25, 0.3) is 0 Å². The Kier molecular flexibility index (Phi) is 32.2. The zero-order valence-corrected chi connectivity index (χ0v) is 63.5. The second kappa shape index (κ2) is 39.4. The minimum absolute atomic E-state index is 0.0431. The highest BCUT2D eigenvalue weighted by Gasteiger charge is 2.37. The predicted molar refractivity (Wildman–Crippen MR) is 396 cm³/mol. The van der Waals surface area contributed by atoms with Crippen LogP contribution in [0.25, 0.3) is 23.3 Å². The molecule has 0 radical (unpaired) electrons. The molecule has 3 amide bonds. The van der Waals surface area contributed by atoms with Crippen molar-refractivity contribution in [3.8, 4) is 16.9 Å². The fourth-order valence-electron chi connectivity index (χ4n) is 12.3. The molecular weight excluding hydrogens is 1320 g/mol. The van der Waals surface area contributed by atoms with E-state index in [2.05, 4.69) is 28.1 Å². The van der Waals surface area contributed by atoms with Gasteiger partial charge in [0.15, 0.2) is 0 Å². The first-order valence-electron chi connectivity index (χ1n) is 36.5. The molecular formula is C80H115F3N8O12. The Labute approximate surface area is 609 Å². The topological polar surface area (TPSA) is 218 Å². The van der Waals surface area contributed by atoms with Crippen LogP contribution in [0.2, 0.25) is 0 Å². The number of likely N-dealkylation sites (tertiary alicyclic amines) is 1. The standard InChI is InChI=1S/C80H115F3N8O12/c1-57-32-34-59(35-33-57)24-22-31-69(92)84-38-20-18-29-66(86-70(93)53-87-41-43-88(54-71(94)100-76(3,4)5)45-47-90(56-73(96)102-78(9,10)11)48-46-89(44-42-87)55-72(95)101-77(6,7)8)74(97)85-39-49-99-68-51-62(37-36-60-27-23-28-64(58(60)2)61-25-16-15-17-26-61)65(80(81,82)83)50-63(68)52-91-40-21-19-30-67(91)75(98)103-79(12,13)14/h15-17,23,25-28,32-37,50-51,66-67H,18-22,24,29-31,38-49,52-56H2,1-14H3,(H,84,92)(H,85,97)(H,86,93)/b37-36+/t66-,67-/m0/s1. The van der Waals surface area contributed by atoms with Gasteiger partial charge in [-0.2, -0.15) is 13.2 Å². The van der Waals surface area contributed by atoms with Crippen LogP contribution in [0.5, 0.6) is 5.75 Å². The van der Waals surface area contributed by atoms with Gasteiger partial charge in [-0.15, -0.1) is 0 Å². The van der Waals surface area contributed by atoms with Gasteiger partial charge >= 0.3 is 30.1 Å². The molecule has 103 heavy (non-hydrogen) atoms. The smallest absolute Gasteiger partial charge is 0.417 e. The number of amides is 3. The summed E-state index contributed by atoms with van der Waals surface area (Å²) in [7, 11) is 0. The lowest BCUT2D eigenvalue weighted by atomic mass is 9.95. The van der Waals surface area contributed by atoms with Crippen LogP contribution in [0, 0.1) is 13.8 Å². The molecule has 6 rings (SSSR count). The Morgan fingerprint density at radius 3 is 1.62 bits per heavy atom. The van der Waals surface area contributed by atoms with Crippen molar-refractivity contribution < 1.29 is 70.4 Å². The van der Waals surface area contributed by atoms with E-state index in [-0.39, 0.29) is 101 Å². The number of hydrogen-bond donors (Lipinski definition) is 3. The molecule has 2 saturated heterocycles. The number of aryl methyl sites for hydroxylation is 2. The molecule has 2 fully saturated rings. The number of halogens is 3. The highest BCUT2D eigenvalue weighted by Crippen LogP contribution is 2.39. The minimum atomic E-state index is -4.80. The van der Waals surface area contributed by atoms with Gasteiger partial charge in [0, 0.05) is 77.4 Å². The van der Waals surface area contributed by atoms with E-state index in [1.807, 2.05) is 99.0 Å². The molecule has 2 heterocycles. The van der Waals surface area contributed by atoms with E-state index in [0.29, 0.717) is 83.4 Å². The van der Waals surface area contributed by atoms with E-state index in [4.69, 9.17) is 23.7 Å². The lowest BCUT2D eigenvalue weighted by molar-refractivity contribution is -0.163. The van der Waals surface area contributed by atoms with E-state index in [1.54, 1.807) is 89.2 Å². The summed E-state index contributed by atoms with van der Waals surface area (Å²) in [6, 6.07) is 24.2. The first kappa shape index (κ1) is 84.2. The van der Waals surface area contributed by atoms with Crippen molar-refractivity contribution in [2.75, 3.05) is 105 Å². The van der Waals surface area contributed by atoms with Gasteiger partial charge in [-0.05, 0) is 194 Å². The van der Waals surface area contributed by atoms with Gasteiger partial charge in [0.2, 0.25) is 17.7 Å². The number of ether oxygens (including phenoxy) is 5. The summed E-state index contributed by atoms with van der Waals surface area (Å²) < 4.78 is 75.8. The van der Waals surface area contributed by atoms with Crippen LogP contribution in [0.1, 0.15) is 173 Å². The van der Waals surface area contributed by atoms with E-state index in [9.17, 15) is 33.6 Å². The molecule has 4 aromatic carbocycles. The van der Waals surface area contributed by atoms with Crippen molar-refractivity contribution in [3.63, 3.8) is 0 Å². The Balaban J connectivity index is 1.26. The number of benzene rings is 4. The molecule has 2 aliphatic heterocycles. The van der Waals surface area contributed by atoms with Crippen molar-refractivity contribution in [1.82, 2.24) is 40.4 Å². The monoisotopic (exact) mass is 1440 g/mol. The van der Waals surface area contributed by atoms with E-state index >= 15 is 13.2 Å². The van der Waals surface area contributed by atoms with Gasteiger partial charge in [0.1, 0.15) is 46.8 Å². The van der Waals surface area contributed by atoms with Crippen LogP contribution in [0.4, 0.5) is 13.2 Å². The van der Waals surface area contributed by atoms with Gasteiger partial charge < -0.3 is 39.6 Å². The van der Waals surface area contributed by atoms with Crippen molar-refractivity contribution in [1.29, 1.82) is 0 Å². The lowest BCUT2D eigenvalue weighted by Crippen LogP contribution is -2.52. The van der Waals surface area contributed by atoms with Crippen molar-refractivity contribution >= 4 is 53.8 Å². The van der Waals surface area contributed by atoms with Crippen molar-refractivity contribution in [2.24, 2.45) is 0 Å². The van der Waals surface area contributed by atoms with Crippen molar-refractivity contribution in [3.05, 3.63) is 124 Å². The summed E-state index contributed by atoms with van der Waals surface area (Å²) in [5.41, 5.74) is 1.83. The Hall–Kier alpha value is -7.70. The Bertz CT molecular complexity index is 3400. The molecule has 0 spiro atoms. The summed E-state index contributed by atoms with van der Waals surface area (Å²) in [5, 5.41) is 8.89. The van der Waals surface area contributed by atoms with Crippen LogP contribution in [0.3, 0.4) is 0 Å². The van der Waals surface area contributed by atoms with Crippen LogP contribution >= 0.6 is 0 Å². The van der Waals surface area contributed by atoms with Gasteiger partial charge in [-0.3, -0.25) is 58.1 Å². The summed E-state index contributed by atoms with van der Waals surface area (Å²) in [6.45, 7) is 27.7. The minimum Gasteiger partial charge on any atom is -0.491 e. The first-order chi connectivity index (χ1) is 48.3. The molecule has 2 aliphatic rings. The fourth-order valence-corrected chi connectivity index (χ4v) is 12.3. The fraction of sp³-hybridized carbons (Fsp3) is 0.588. The van der Waals surface area contributed by atoms with Gasteiger partial charge in [-0.25, -0.2) is 0 Å². The van der Waals surface area contributed by atoms with E-state index in [1.165, 1.54) is 12.1 Å². The lowest BCUT2D eigenvalue weighted by Gasteiger charge is -2.36. The average molecular weight is 1440 g/mol. The molecule has 0 aliphatic carbocycles. The predicted octanol–water partition coefficient (Wildman–Crippen LogP) is 11.4. The molecule has 0 unspecified atom stereocenters. The summed E-state index contributed by atoms with van der Waals surface area (Å²) in [5.74, 6) is -2.84. The summed E-state index contributed by atoms with van der Waals surface area (Å²) >= 11 is 0. The zero-order chi connectivity index (χ0) is 75.7. The number of nitrogens with zero attached hydrogens (tertiary/aromatic N) is 5. The molecule has 568 valence electrons. The second-order valence-corrected chi connectivity index (χ2v) is 31.1. The van der Waals surface area contributed by atoms with E-state index < -0.39 is 81.9 Å². The van der Waals surface area contributed by atoms with Crippen LogP contribution in [-0.2, 0) is 71.7 Å². The van der Waals surface area contributed by atoms with Gasteiger partial charge in [-0.1, -0.05) is 96.9 Å². The third-order valence-electron chi connectivity index (χ3n) is 17.3. The number of carbonyl (C=O) groups is 7. The Morgan fingerprint density at radius 1 is 0.553 bits per heavy atom. The zero-order valence-electron chi connectivity index (χ0n) is 63.5. The number of unbranched alkanes of at least 4 members (excludes halogenated alkanes) is 1. The molecule has 0 aromatic heterocycles. The molecule has 4 aromatic rings. The molecule has 20 nitrogen and oxygen atoms in total. The second-order valence-electron chi connectivity index (χ2n) is 31.1. The molecule has 0 saturated carbocycles. The number of piperidine rings is 1. The highest BCUT2D eigenvalue weighted by molar-refractivity contribution is 5.88. The normalized spacial score (nSPS) is 16.6. The van der Waals surface area contributed by atoms with Crippen LogP contribution < -0.4 is 20.7 Å². The number of nitrogens with one attached hydrogen (secondary N) is 3. The van der Waals surface area contributed by atoms with Crippen LogP contribution in [0.15, 0.2) is 84.9 Å². The Morgan fingerprint density at radius 2 is 1.09 bits per heavy atom. The number of hydrogen-bond acceptors (Lipinski definition) is 17. The quantitative estimate of drug-likeness (QED) is 0.0199. The number of alkyl halides is 3. The highest BCUT2D eigenvalue weighted by atomic mass is 19.4. The first-order valence-corrected chi connectivity index (χ1v) is 36.5. The number of esters is 4. The van der Waals surface area contributed by atoms with Gasteiger partial charge in [0.05, 0.1) is 38.3 Å². The van der Waals surface area contributed by atoms with Crippen LogP contribution in [-0.4, -0.2) is 205 Å². The molecule has 0 bridgehead atoms. The molecule has 3 N–H and O–H groups in total.